The van der Waals surface area contributed by atoms with Crippen LogP contribution in [0.15, 0.2) is 81.3 Å². The maximum atomic E-state index is 13.1. The topological polar surface area (TPSA) is 77.1 Å². The lowest BCUT2D eigenvalue weighted by atomic mass is 10.2. The fourth-order valence-corrected chi connectivity index (χ4v) is 4.06. The number of hydrogen-bond acceptors (Lipinski definition) is 5. The van der Waals surface area contributed by atoms with E-state index in [1.807, 2.05) is 6.07 Å². The van der Waals surface area contributed by atoms with Crippen LogP contribution in [0.25, 0.3) is 10.9 Å². The molecule has 1 atom stereocenters. The molecule has 152 valence electrons. The van der Waals surface area contributed by atoms with Gasteiger partial charge in [-0.25, -0.2) is 4.98 Å². The number of aromatic nitrogens is 2. The summed E-state index contributed by atoms with van der Waals surface area (Å²) >= 11 is 7.20. The number of anilines is 1. The van der Waals surface area contributed by atoms with Gasteiger partial charge in [0.2, 0.25) is 5.91 Å². The van der Waals surface area contributed by atoms with Crippen LogP contribution in [0.2, 0.25) is 5.02 Å². The normalized spacial score (nSPS) is 12.1. The third-order valence-electron chi connectivity index (χ3n) is 4.46. The third-order valence-corrected chi connectivity index (χ3v) is 5.79. The Balaban J connectivity index is 1.65. The summed E-state index contributed by atoms with van der Waals surface area (Å²) < 4.78 is 6.95. The fourth-order valence-electron chi connectivity index (χ4n) is 2.96. The minimum absolute atomic E-state index is 0.179. The molecule has 2 aromatic heterocycles. The third kappa shape index (κ3) is 4.42. The molecule has 0 bridgehead atoms. The van der Waals surface area contributed by atoms with E-state index in [0.29, 0.717) is 32.5 Å². The Morgan fingerprint density at radius 2 is 2.03 bits per heavy atom. The fraction of sp³-hybridized carbons (Fsp3) is 0.136. The molecule has 6 nitrogen and oxygen atoms in total. The van der Waals surface area contributed by atoms with Gasteiger partial charge in [-0.2, -0.15) is 0 Å². The van der Waals surface area contributed by atoms with Gasteiger partial charge in [-0.15, -0.1) is 0 Å². The van der Waals surface area contributed by atoms with Crippen molar-refractivity contribution in [2.24, 2.45) is 0 Å². The monoisotopic (exact) mass is 439 g/mol. The van der Waals surface area contributed by atoms with Crippen LogP contribution in [0.1, 0.15) is 12.7 Å². The van der Waals surface area contributed by atoms with Gasteiger partial charge >= 0.3 is 0 Å². The minimum atomic E-state index is -0.500. The molecule has 4 rings (SSSR count). The van der Waals surface area contributed by atoms with Crippen molar-refractivity contribution in [2.75, 3.05) is 5.32 Å². The summed E-state index contributed by atoms with van der Waals surface area (Å²) in [5.41, 5.74) is 1.02. The summed E-state index contributed by atoms with van der Waals surface area (Å²) in [4.78, 5) is 30.4. The maximum Gasteiger partial charge on any atom is 0.262 e. The lowest BCUT2D eigenvalue weighted by Crippen LogP contribution is -2.27. The first-order valence-corrected chi connectivity index (χ1v) is 10.5. The Hall–Kier alpha value is -3.03. The number of thioether (sulfide) groups is 1. The van der Waals surface area contributed by atoms with E-state index in [1.54, 1.807) is 67.8 Å². The van der Waals surface area contributed by atoms with Gasteiger partial charge in [-0.3, -0.25) is 14.2 Å². The molecule has 0 radical (unpaired) electrons. The molecule has 1 N–H and O–H groups in total. The van der Waals surface area contributed by atoms with E-state index in [1.165, 1.54) is 16.3 Å². The molecule has 8 heteroatoms. The zero-order valence-electron chi connectivity index (χ0n) is 16.0. The predicted molar refractivity (Wildman–Crippen MR) is 119 cm³/mol. The van der Waals surface area contributed by atoms with Crippen LogP contribution >= 0.6 is 23.4 Å². The van der Waals surface area contributed by atoms with Crippen LogP contribution in [-0.2, 0) is 11.3 Å². The Bertz CT molecular complexity index is 1250. The molecule has 1 unspecified atom stereocenters. The molecule has 4 aromatic rings. The van der Waals surface area contributed by atoms with Gasteiger partial charge in [0.1, 0.15) is 5.76 Å². The van der Waals surface area contributed by atoms with Gasteiger partial charge in [-0.1, -0.05) is 41.6 Å². The number of hydrogen-bond donors (Lipinski definition) is 1. The van der Waals surface area contributed by atoms with Crippen LogP contribution in [0.5, 0.6) is 0 Å². The molecule has 0 saturated heterocycles. The van der Waals surface area contributed by atoms with E-state index < -0.39 is 5.25 Å². The minimum Gasteiger partial charge on any atom is -0.467 e. The second kappa shape index (κ2) is 8.77. The zero-order valence-corrected chi connectivity index (χ0v) is 17.6. The standard InChI is InChI=1S/C22H18ClN3O3S/c1-14(20(27)24-16-7-4-6-15(23)12-16)30-22-25-19-10-3-2-9-18(19)21(28)26(22)13-17-8-5-11-29-17/h2-12,14H,13H2,1H3,(H,24,27). The van der Waals surface area contributed by atoms with Gasteiger partial charge in [-0.05, 0) is 49.4 Å². The second-order valence-electron chi connectivity index (χ2n) is 6.64. The summed E-state index contributed by atoms with van der Waals surface area (Å²) in [6.45, 7) is 2.00. The maximum absolute atomic E-state index is 13.1. The number of rotatable bonds is 6. The first-order valence-electron chi connectivity index (χ1n) is 9.26. The highest BCUT2D eigenvalue weighted by Crippen LogP contribution is 2.25. The molecule has 0 saturated carbocycles. The first-order chi connectivity index (χ1) is 14.5. The summed E-state index contributed by atoms with van der Waals surface area (Å²) in [6, 6.07) is 17.7. The molecular formula is C22H18ClN3O3S. The van der Waals surface area contributed by atoms with Crippen LogP contribution in [0.4, 0.5) is 5.69 Å². The molecule has 0 aliphatic carbocycles. The van der Waals surface area contributed by atoms with Gasteiger partial charge in [0.15, 0.2) is 5.16 Å². The molecule has 2 heterocycles. The van der Waals surface area contributed by atoms with E-state index in [4.69, 9.17) is 16.0 Å². The molecule has 30 heavy (non-hydrogen) atoms. The molecule has 0 aliphatic heterocycles. The van der Waals surface area contributed by atoms with Crippen LogP contribution in [0.3, 0.4) is 0 Å². The van der Waals surface area contributed by atoms with Crippen molar-refractivity contribution in [3.63, 3.8) is 0 Å². The average Bonchev–Trinajstić information content (AvgIpc) is 3.24. The van der Waals surface area contributed by atoms with Crippen LogP contribution in [-0.4, -0.2) is 20.7 Å². The molecular weight excluding hydrogens is 422 g/mol. The van der Waals surface area contributed by atoms with E-state index in [9.17, 15) is 9.59 Å². The number of nitrogens with zero attached hydrogens (tertiary/aromatic N) is 2. The number of furan rings is 1. The van der Waals surface area contributed by atoms with Gasteiger partial charge in [0.25, 0.3) is 5.56 Å². The lowest BCUT2D eigenvalue weighted by Gasteiger charge is -2.16. The first kappa shape index (κ1) is 20.3. The Morgan fingerprint density at radius 1 is 1.20 bits per heavy atom. The van der Waals surface area contributed by atoms with E-state index in [0.717, 1.165) is 0 Å². The number of benzene rings is 2. The van der Waals surface area contributed by atoms with Crippen molar-refractivity contribution in [3.05, 3.63) is 88.1 Å². The Kier molecular flexibility index (Phi) is 5.92. The summed E-state index contributed by atoms with van der Waals surface area (Å²) in [5.74, 6) is 0.418. The second-order valence-corrected chi connectivity index (χ2v) is 8.39. The van der Waals surface area contributed by atoms with Crippen LogP contribution < -0.4 is 10.9 Å². The van der Waals surface area contributed by atoms with Gasteiger partial charge < -0.3 is 9.73 Å². The van der Waals surface area contributed by atoms with E-state index >= 15 is 0 Å². The highest BCUT2D eigenvalue weighted by Gasteiger charge is 2.20. The van der Waals surface area contributed by atoms with Crippen LogP contribution in [0, 0.1) is 0 Å². The highest BCUT2D eigenvalue weighted by molar-refractivity contribution is 8.00. The number of para-hydroxylation sites is 1. The largest absolute Gasteiger partial charge is 0.467 e. The summed E-state index contributed by atoms with van der Waals surface area (Å²) in [7, 11) is 0. The van der Waals surface area contributed by atoms with Crippen molar-refractivity contribution in [2.45, 2.75) is 23.9 Å². The smallest absolute Gasteiger partial charge is 0.262 e. The molecule has 0 fully saturated rings. The molecule has 2 aromatic carbocycles. The molecule has 1 amide bonds. The summed E-state index contributed by atoms with van der Waals surface area (Å²) in [6.07, 6.45) is 1.56. The van der Waals surface area contributed by atoms with Crippen molar-refractivity contribution in [3.8, 4) is 0 Å². The predicted octanol–water partition coefficient (Wildman–Crippen LogP) is 4.81. The molecule has 0 aliphatic rings. The number of carbonyl (C=O) groups excluding carboxylic acids is 1. The van der Waals surface area contributed by atoms with Crippen molar-refractivity contribution < 1.29 is 9.21 Å². The lowest BCUT2D eigenvalue weighted by molar-refractivity contribution is -0.115. The Morgan fingerprint density at radius 3 is 2.80 bits per heavy atom. The van der Waals surface area contributed by atoms with Crippen molar-refractivity contribution in [1.82, 2.24) is 9.55 Å². The van der Waals surface area contributed by atoms with Crippen molar-refractivity contribution >= 4 is 45.9 Å². The Labute approximate surface area is 181 Å². The number of halogens is 1. The quantitative estimate of drug-likeness (QED) is 0.344. The van der Waals surface area contributed by atoms with Gasteiger partial charge in [0, 0.05) is 10.7 Å². The number of nitrogens with one attached hydrogen (secondary N) is 1. The van der Waals surface area contributed by atoms with E-state index in [-0.39, 0.29) is 18.0 Å². The zero-order chi connectivity index (χ0) is 21.1. The number of amides is 1. The van der Waals surface area contributed by atoms with E-state index in [2.05, 4.69) is 10.3 Å². The van der Waals surface area contributed by atoms with Gasteiger partial charge in [0.05, 0.1) is 29.0 Å². The van der Waals surface area contributed by atoms with Crippen molar-refractivity contribution in [1.29, 1.82) is 0 Å². The molecule has 0 spiro atoms. The highest BCUT2D eigenvalue weighted by atomic mass is 35.5. The SMILES string of the molecule is CC(Sc1nc2ccccc2c(=O)n1Cc1ccco1)C(=O)Nc1cccc(Cl)c1. The number of carbonyl (C=O) groups is 1. The number of fused-ring (bicyclic) bond motifs is 1. The average molecular weight is 440 g/mol. The summed E-state index contributed by atoms with van der Waals surface area (Å²) in [5, 5.41) is 3.85.